The molecule has 1 saturated heterocycles. The molecular formula is C17H28N2S. The highest BCUT2D eigenvalue weighted by Crippen LogP contribution is 2.37. The molecule has 0 spiro atoms. The topological polar surface area (TPSA) is 15.3 Å². The van der Waals surface area contributed by atoms with Gasteiger partial charge >= 0.3 is 0 Å². The monoisotopic (exact) mass is 292 g/mol. The summed E-state index contributed by atoms with van der Waals surface area (Å²) in [5.41, 5.74) is 0. The molecule has 2 fully saturated rings. The van der Waals surface area contributed by atoms with Gasteiger partial charge in [0.15, 0.2) is 0 Å². The van der Waals surface area contributed by atoms with Crippen LogP contribution in [0.2, 0.25) is 0 Å². The van der Waals surface area contributed by atoms with E-state index < -0.39 is 0 Å². The van der Waals surface area contributed by atoms with Gasteiger partial charge in [0.2, 0.25) is 0 Å². The lowest BCUT2D eigenvalue weighted by molar-refractivity contribution is 0.177. The highest BCUT2D eigenvalue weighted by atomic mass is 32.1. The zero-order valence-electron chi connectivity index (χ0n) is 12.7. The van der Waals surface area contributed by atoms with Crippen LogP contribution in [0, 0.1) is 5.92 Å². The van der Waals surface area contributed by atoms with Crippen molar-refractivity contribution in [3.8, 4) is 0 Å². The Morgan fingerprint density at radius 1 is 1.20 bits per heavy atom. The average molecular weight is 292 g/mol. The van der Waals surface area contributed by atoms with E-state index in [-0.39, 0.29) is 0 Å². The molecule has 0 radical (unpaired) electrons. The summed E-state index contributed by atoms with van der Waals surface area (Å²) in [6.07, 6.45) is 8.52. The van der Waals surface area contributed by atoms with E-state index in [1.165, 1.54) is 56.5 Å². The molecule has 112 valence electrons. The second-order valence-corrected chi connectivity index (χ2v) is 7.67. The molecule has 2 aliphatic rings. The average Bonchev–Trinajstić information content (AvgIpc) is 3.08. The quantitative estimate of drug-likeness (QED) is 0.797. The first-order valence-corrected chi connectivity index (χ1v) is 9.21. The number of thiophene rings is 1. The van der Waals surface area contributed by atoms with Crippen LogP contribution < -0.4 is 5.32 Å². The van der Waals surface area contributed by atoms with E-state index in [1.54, 1.807) is 4.88 Å². The van der Waals surface area contributed by atoms with Crippen molar-refractivity contribution in [2.75, 3.05) is 13.1 Å². The smallest absolute Gasteiger partial charge is 0.0331 e. The molecule has 3 heteroatoms. The van der Waals surface area contributed by atoms with Crippen molar-refractivity contribution in [1.82, 2.24) is 10.2 Å². The predicted molar refractivity (Wildman–Crippen MR) is 87.1 cm³/mol. The first-order valence-electron chi connectivity index (χ1n) is 8.39. The zero-order valence-corrected chi connectivity index (χ0v) is 13.6. The molecule has 1 aromatic heterocycles. The van der Waals surface area contributed by atoms with E-state index in [4.69, 9.17) is 0 Å². The highest BCUT2D eigenvalue weighted by Gasteiger charge is 2.35. The Morgan fingerprint density at radius 3 is 2.95 bits per heavy atom. The van der Waals surface area contributed by atoms with Crippen molar-refractivity contribution >= 4 is 11.3 Å². The summed E-state index contributed by atoms with van der Waals surface area (Å²) in [5.74, 6) is 1.01. The van der Waals surface area contributed by atoms with Gasteiger partial charge in [0.1, 0.15) is 0 Å². The number of nitrogens with zero attached hydrogens (tertiary/aromatic N) is 1. The molecule has 1 saturated carbocycles. The largest absolute Gasteiger partial charge is 0.312 e. The van der Waals surface area contributed by atoms with E-state index in [0.29, 0.717) is 0 Å². The standard InChI is InChI=1S/C17H28N2S/c1-2-10-18-12-15-7-8-16(20-15)13-19-11-9-14-5-3-4-6-17(14)19/h7-8,14,17-18H,2-6,9-13H2,1H3. The highest BCUT2D eigenvalue weighted by molar-refractivity contribution is 7.11. The van der Waals surface area contributed by atoms with Gasteiger partial charge in [-0.3, -0.25) is 4.90 Å². The lowest BCUT2D eigenvalue weighted by Gasteiger charge is -2.31. The third-order valence-corrected chi connectivity index (χ3v) is 6.00. The maximum absolute atomic E-state index is 3.50. The summed E-state index contributed by atoms with van der Waals surface area (Å²) >= 11 is 2.01. The molecule has 1 aromatic rings. The Kier molecular flexibility index (Phi) is 5.14. The number of hydrogen-bond acceptors (Lipinski definition) is 3. The van der Waals surface area contributed by atoms with Crippen LogP contribution in [-0.2, 0) is 13.1 Å². The molecule has 0 bridgehead atoms. The molecular weight excluding hydrogens is 264 g/mol. The number of fused-ring (bicyclic) bond motifs is 1. The molecule has 2 unspecified atom stereocenters. The SMILES string of the molecule is CCCNCc1ccc(CN2CCC3CCCCC32)s1. The van der Waals surface area contributed by atoms with Gasteiger partial charge in [0, 0.05) is 28.9 Å². The number of hydrogen-bond donors (Lipinski definition) is 1. The summed E-state index contributed by atoms with van der Waals surface area (Å²) < 4.78 is 0. The third-order valence-electron chi connectivity index (χ3n) is 4.93. The summed E-state index contributed by atoms with van der Waals surface area (Å²) in [6.45, 7) is 6.92. The van der Waals surface area contributed by atoms with Crippen molar-refractivity contribution in [2.24, 2.45) is 5.92 Å². The van der Waals surface area contributed by atoms with Crippen molar-refractivity contribution in [3.63, 3.8) is 0 Å². The van der Waals surface area contributed by atoms with Crippen LogP contribution in [0.5, 0.6) is 0 Å². The van der Waals surface area contributed by atoms with Crippen LogP contribution in [0.15, 0.2) is 12.1 Å². The van der Waals surface area contributed by atoms with Gasteiger partial charge in [-0.25, -0.2) is 0 Å². The summed E-state index contributed by atoms with van der Waals surface area (Å²) in [4.78, 5) is 5.82. The molecule has 1 aliphatic carbocycles. The van der Waals surface area contributed by atoms with E-state index in [9.17, 15) is 0 Å². The van der Waals surface area contributed by atoms with Gasteiger partial charge in [-0.1, -0.05) is 19.8 Å². The molecule has 3 rings (SSSR count). The molecule has 1 aliphatic heterocycles. The van der Waals surface area contributed by atoms with E-state index >= 15 is 0 Å². The third kappa shape index (κ3) is 3.44. The minimum absolute atomic E-state index is 0.896. The minimum Gasteiger partial charge on any atom is -0.312 e. The molecule has 2 nitrogen and oxygen atoms in total. The minimum atomic E-state index is 0.896. The van der Waals surface area contributed by atoms with Crippen LogP contribution in [0.4, 0.5) is 0 Å². The van der Waals surface area contributed by atoms with Crippen LogP contribution in [0.3, 0.4) is 0 Å². The molecule has 2 heterocycles. The summed E-state index contributed by atoms with van der Waals surface area (Å²) in [7, 11) is 0. The van der Waals surface area contributed by atoms with Crippen LogP contribution in [0.25, 0.3) is 0 Å². The molecule has 20 heavy (non-hydrogen) atoms. The Labute approximate surface area is 127 Å². The second kappa shape index (κ2) is 7.06. The van der Waals surface area contributed by atoms with Crippen molar-refractivity contribution in [1.29, 1.82) is 0 Å². The van der Waals surface area contributed by atoms with Crippen molar-refractivity contribution < 1.29 is 0 Å². The van der Waals surface area contributed by atoms with Crippen LogP contribution >= 0.6 is 11.3 Å². The van der Waals surface area contributed by atoms with Gasteiger partial charge < -0.3 is 5.32 Å². The summed E-state index contributed by atoms with van der Waals surface area (Å²) in [6, 6.07) is 5.56. The van der Waals surface area contributed by atoms with E-state index in [1.807, 2.05) is 11.3 Å². The maximum Gasteiger partial charge on any atom is 0.0331 e. The Balaban J connectivity index is 1.52. The molecule has 0 amide bonds. The first kappa shape index (κ1) is 14.6. The Morgan fingerprint density at radius 2 is 2.05 bits per heavy atom. The summed E-state index contributed by atoms with van der Waals surface area (Å²) in [5, 5.41) is 3.50. The Bertz CT molecular complexity index is 415. The second-order valence-electron chi connectivity index (χ2n) is 6.42. The van der Waals surface area contributed by atoms with Gasteiger partial charge in [-0.05, 0) is 56.8 Å². The van der Waals surface area contributed by atoms with Gasteiger partial charge in [-0.15, -0.1) is 11.3 Å². The van der Waals surface area contributed by atoms with Crippen molar-refractivity contribution in [3.05, 3.63) is 21.9 Å². The number of likely N-dealkylation sites (tertiary alicyclic amines) is 1. The zero-order chi connectivity index (χ0) is 13.8. The molecule has 2 atom stereocenters. The molecule has 0 aromatic carbocycles. The fourth-order valence-electron chi connectivity index (χ4n) is 3.89. The number of nitrogens with one attached hydrogen (secondary N) is 1. The fourth-order valence-corrected chi connectivity index (χ4v) is 4.90. The first-order chi connectivity index (χ1) is 9.86. The lowest BCUT2D eigenvalue weighted by Crippen LogP contribution is -2.33. The van der Waals surface area contributed by atoms with E-state index in [0.717, 1.165) is 25.0 Å². The van der Waals surface area contributed by atoms with Crippen molar-refractivity contribution in [2.45, 2.75) is 64.6 Å². The van der Waals surface area contributed by atoms with Crippen LogP contribution in [-0.4, -0.2) is 24.0 Å². The maximum atomic E-state index is 3.50. The van der Waals surface area contributed by atoms with Gasteiger partial charge in [-0.2, -0.15) is 0 Å². The van der Waals surface area contributed by atoms with E-state index in [2.05, 4.69) is 29.3 Å². The molecule has 1 N–H and O–H groups in total. The van der Waals surface area contributed by atoms with Gasteiger partial charge in [0.25, 0.3) is 0 Å². The Hall–Kier alpha value is -0.380. The van der Waals surface area contributed by atoms with Crippen LogP contribution in [0.1, 0.15) is 55.2 Å². The number of rotatable bonds is 6. The fraction of sp³-hybridized carbons (Fsp3) is 0.765. The predicted octanol–water partition coefficient (Wildman–Crippen LogP) is 4.01. The van der Waals surface area contributed by atoms with Gasteiger partial charge in [0.05, 0.1) is 0 Å². The lowest BCUT2D eigenvalue weighted by atomic mass is 9.85. The normalized spacial score (nSPS) is 26.9.